The number of allylic oxidation sites excluding steroid dienone is 1. The number of benzene rings is 1. The molecule has 4 aliphatic rings. The Labute approximate surface area is 162 Å². The first-order valence-corrected chi connectivity index (χ1v) is 10.6. The summed E-state index contributed by atoms with van der Waals surface area (Å²) in [5.41, 5.74) is 5.46. The van der Waals surface area contributed by atoms with Gasteiger partial charge in [-0.2, -0.15) is 10.1 Å². The fourth-order valence-corrected chi connectivity index (χ4v) is 5.87. The van der Waals surface area contributed by atoms with Crippen LogP contribution in [0.5, 0.6) is 0 Å². The standard InChI is InChI=1S/C22H30N4O/c1-16-7-8-19(15-17(16)2)26-22(25-11-13-27-14-12-25)20(18-5-3-4-6-18)9-10-21(22)23-24-26/h5,7-8,15,20-21H,3-4,6,9-14H2,1-2H3/p+1/t20-,21-,22+/m1/s1. The van der Waals surface area contributed by atoms with Gasteiger partial charge in [-0.3, -0.25) is 0 Å². The van der Waals surface area contributed by atoms with E-state index in [1.54, 1.807) is 10.5 Å². The molecular weight excluding hydrogens is 336 g/mol. The van der Waals surface area contributed by atoms with Crippen molar-refractivity contribution in [3.8, 4) is 0 Å². The molecule has 5 heteroatoms. The Morgan fingerprint density at radius 2 is 2.00 bits per heavy atom. The summed E-state index contributed by atoms with van der Waals surface area (Å²) in [6.07, 6.45) is 8.71. The molecule has 2 aliphatic heterocycles. The SMILES string of the molecule is Cc1ccc(N2N=N[C@@H]3CC[C@H](C4=CCCC4)[C@@]32[NH+]2CCOCC2)cc1C. The van der Waals surface area contributed by atoms with Crippen molar-refractivity contribution in [2.45, 2.75) is 57.7 Å². The summed E-state index contributed by atoms with van der Waals surface area (Å²) >= 11 is 0. The predicted octanol–water partition coefficient (Wildman–Crippen LogP) is 2.99. The number of nitrogens with zero attached hydrogens (tertiary/aromatic N) is 3. The Hall–Kier alpha value is -1.72. The number of fused-ring (bicyclic) bond motifs is 1. The number of rotatable bonds is 3. The van der Waals surface area contributed by atoms with Gasteiger partial charge in [0.1, 0.15) is 19.1 Å². The van der Waals surface area contributed by atoms with Crippen molar-refractivity contribution < 1.29 is 9.64 Å². The molecule has 5 nitrogen and oxygen atoms in total. The van der Waals surface area contributed by atoms with Crippen LogP contribution in [-0.2, 0) is 4.74 Å². The molecule has 0 spiro atoms. The molecule has 5 rings (SSSR count). The van der Waals surface area contributed by atoms with Crippen LogP contribution < -0.4 is 9.91 Å². The van der Waals surface area contributed by atoms with Crippen LogP contribution in [0.2, 0.25) is 0 Å². The highest BCUT2D eigenvalue weighted by Crippen LogP contribution is 2.49. The fourth-order valence-electron chi connectivity index (χ4n) is 5.87. The molecule has 0 radical (unpaired) electrons. The highest BCUT2D eigenvalue weighted by atomic mass is 16.5. The van der Waals surface area contributed by atoms with Gasteiger partial charge in [-0.15, -0.1) is 0 Å². The summed E-state index contributed by atoms with van der Waals surface area (Å²) in [6.45, 7) is 8.16. The van der Waals surface area contributed by atoms with Crippen molar-refractivity contribution in [1.29, 1.82) is 0 Å². The second kappa shape index (κ2) is 6.71. The molecule has 2 heterocycles. The molecule has 1 N–H and O–H groups in total. The monoisotopic (exact) mass is 367 g/mol. The van der Waals surface area contributed by atoms with Gasteiger partial charge in [-0.1, -0.05) is 22.9 Å². The van der Waals surface area contributed by atoms with Crippen molar-refractivity contribution in [2.24, 2.45) is 16.3 Å². The number of nitrogens with one attached hydrogen (secondary N) is 1. The number of hydrogen-bond donors (Lipinski definition) is 1. The lowest BCUT2D eigenvalue weighted by Crippen LogP contribution is -3.25. The molecule has 1 saturated carbocycles. The minimum absolute atomic E-state index is 0.0678. The van der Waals surface area contributed by atoms with Crippen LogP contribution in [-0.4, -0.2) is 38.0 Å². The van der Waals surface area contributed by atoms with E-state index in [-0.39, 0.29) is 5.66 Å². The molecule has 2 fully saturated rings. The Bertz CT molecular complexity index is 783. The zero-order valence-electron chi connectivity index (χ0n) is 16.6. The average Bonchev–Trinajstić information content (AvgIpc) is 3.40. The van der Waals surface area contributed by atoms with Gasteiger partial charge in [0.15, 0.2) is 0 Å². The van der Waals surface area contributed by atoms with E-state index in [0.717, 1.165) is 32.7 Å². The molecule has 0 aromatic heterocycles. The zero-order valence-corrected chi connectivity index (χ0v) is 16.6. The lowest BCUT2D eigenvalue weighted by molar-refractivity contribution is -0.961. The first kappa shape index (κ1) is 17.4. The minimum atomic E-state index is -0.0678. The van der Waals surface area contributed by atoms with E-state index in [0.29, 0.717) is 12.0 Å². The maximum Gasteiger partial charge on any atom is 0.225 e. The van der Waals surface area contributed by atoms with Gasteiger partial charge in [0.25, 0.3) is 0 Å². The predicted molar refractivity (Wildman–Crippen MR) is 106 cm³/mol. The summed E-state index contributed by atoms with van der Waals surface area (Å²) in [5, 5.41) is 12.0. The fraction of sp³-hybridized carbons (Fsp3) is 0.636. The van der Waals surface area contributed by atoms with Gasteiger partial charge in [-0.25, -0.2) is 0 Å². The molecule has 1 aromatic carbocycles. The second-order valence-electron chi connectivity index (χ2n) is 8.64. The van der Waals surface area contributed by atoms with Gasteiger partial charge >= 0.3 is 0 Å². The minimum Gasteiger partial charge on any atom is -0.370 e. The third-order valence-electron chi connectivity index (χ3n) is 7.32. The summed E-state index contributed by atoms with van der Waals surface area (Å²) in [6, 6.07) is 7.06. The van der Waals surface area contributed by atoms with Crippen molar-refractivity contribution in [1.82, 2.24) is 0 Å². The number of anilines is 1. The first-order valence-electron chi connectivity index (χ1n) is 10.6. The van der Waals surface area contributed by atoms with E-state index in [2.05, 4.69) is 43.1 Å². The average molecular weight is 368 g/mol. The van der Waals surface area contributed by atoms with E-state index in [1.807, 2.05) is 0 Å². The number of ether oxygens (including phenoxy) is 1. The van der Waals surface area contributed by atoms with Crippen LogP contribution >= 0.6 is 0 Å². The Kier molecular flexibility index (Phi) is 4.32. The maximum atomic E-state index is 5.73. The topological polar surface area (TPSA) is 41.6 Å². The van der Waals surface area contributed by atoms with E-state index in [9.17, 15) is 0 Å². The molecule has 1 aromatic rings. The van der Waals surface area contributed by atoms with Gasteiger partial charge in [0.2, 0.25) is 5.66 Å². The summed E-state index contributed by atoms with van der Waals surface area (Å²) in [5.74, 6) is 0.551. The molecule has 27 heavy (non-hydrogen) atoms. The zero-order chi connectivity index (χ0) is 18.4. The number of hydrogen-bond acceptors (Lipinski definition) is 4. The van der Waals surface area contributed by atoms with Crippen LogP contribution in [0.1, 0.15) is 43.2 Å². The molecular formula is C22H31N4O+. The van der Waals surface area contributed by atoms with Crippen molar-refractivity contribution in [2.75, 3.05) is 31.3 Å². The summed E-state index contributed by atoms with van der Waals surface area (Å²) < 4.78 is 5.73. The lowest BCUT2D eigenvalue weighted by atomic mass is 9.84. The van der Waals surface area contributed by atoms with E-state index < -0.39 is 0 Å². The Morgan fingerprint density at radius 3 is 2.74 bits per heavy atom. The number of aryl methyl sites for hydroxylation is 2. The molecule has 0 bridgehead atoms. The van der Waals surface area contributed by atoms with Crippen LogP contribution in [0.3, 0.4) is 0 Å². The van der Waals surface area contributed by atoms with E-state index in [1.165, 1.54) is 42.5 Å². The molecule has 1 saturated heterocycles. The molecule has 3 atom stereocenters. The van der Waals surface area contributed by atoms with Gasteiger partial charge in [-0.05, 0) is 69.2 Å². The lowest BCUT2D eigenvalue weighted by Gasteiger charge is -2.47. The van der Waals surface area contributed by atoms with Crippen molar-refractivity contribution >= 4 is 5.69 Å². The van der Waals surface area contributed by atoms with E-state index >= 15 is 0 Å². The normalized spacial score (nSPS) is 33.6. The number of morpholine rings is 1. The first-order chi connectivity index (χ1) is 13.2. The maximum absolute atomic E-state index is 5.73. The van der Waals surface area contributed by atoms with Gasteiger partial charge in [0.05, 0.1) is 24.8 Å². The van der Waals surface area contributed by atoms with Crippen LogP contribution in [0.15, 0.2) is 40.2 Å². The van der Waals surface area contributed by atoms with Gasteiger partial charge < -0.3 is 9.64 Å². The number of quaternary nitrogens is 1. The largest absolute Gasteiger partial charge is 0.370 e. The Balaban J connectivity index is 1.62. The quantitative estimate of drug-likeness (QED) is 0.835. The molecule has 0 amide bonds. The Morgan fingerprint density at radius 1 is 1.15 bits per heavy atom. The summed E-state index contributed by atoms with van der Waals surface area (Å²) in [7, 11) is 0. The van der Waals surface area contributed by atoms with Crippen molar-refractivity contribution in [3.05, 3.63) is 41.0 Å². The van der Waals surface area contributed by atoms with Crippen LogP contribution in [0.4, 0.5) is 5.69 Å². The van der Waals surface area contributed by atoms with Crippen LogP contribution in [0, 0.1) is 19.8 Å². The molecule has 144 valence electrons. The van der Waals surface area contributed by atoms with E-state index in [4.69, 9.17) is 15.1 Å². The highest BCUT2D eigenvalue weighted by molar-refractivity contribution is 5.53. The second-order valence-corrected chi connectivity index (χ2v) is 8.64. The molecule has 0 unspecified atom stereocenters. The highest BCUT2D eigenvalue weighted by Gasteiger charge is 2.66. The third-order valence-corrected chi connectivity index (χ3v) is 7.32. The van der Waals surface area contributed by atoms with Crippen molar-refractivity contribution in [3.63, 3.8) is 0 Å². The van der Waals surface area contributed by atoms with Crippen LogP contribution in [0.25, 0.3) is 0 Å². The summed E-state index contributed by atoms with van der Waals surface area (Å²) in [4.78, 5) is 1.62. The third kappa shape index (κ3) is 2.59. The molecule has 2 aliphatic carbocycles. The smallest absolute Gasteiger partial charge is 0.225 e. The van der Waals surface area contributed by atoms with Gasteiger partial charge in [0, 0.05) is 0 Å².